The second kappa shape index (κ2) is 12.7. The van der Waals surface area contributed by atoms with E-state index < -0.39 is 0 Å². The fourth-order valence-electron chi connectivity index (χ4n) is 5.11. The first-order chi connectivity index (χ1) is 18.9. The molecule has 0 fully saturated rings. The standard InChI is InChI=1S/C32H31Br2N3OS/c1-21(2)37(27-8-4-3-5-9-27)29(38)20-39-32-35-30(23-13-17-26(34)18-14-23)28-10-6-7-24(31(28)36-32)19-22-11-15-25(33)16-12-22/h3-5,8-9,11-19,21,30H,6-7,10,20H2,1-2H3,(H,35,36)/b24-19+/t30-/m0/s1. The second-order valence-corrected chi connectivity index (χ2v) is 12.8. The summed E-state index contributed by atoms with van der Waals surface area (Å²) in [6.45, 7) is 4.10. The van der Waals surface area contributed by atoms with E-state index in [0.717, 1.165) is 50.3 Å². The van der Waals surface area contributed by atoms with Gasteiger partial charge in [0.25, 0.3) is 0 Å². The molecule has 1 aliphatic heterocycles. The van der Waals surface area contributed by atoms with Crippen molar-refractivity contribution in [3.63, 3.8) is 0 Å². The molecule has 5 rings (SSSR count). The molecule has 39 heavy (non-hydrogen) atoms. The summed E-state index contributed by atoms with van der Waals surface area (Å²) in [5.74, 6) is 0.375. The number of halogens is 2. The van der Waals surface area contributed by atoms with Gasteiger partial charge in [-0.1, -0.05) is 86.1 Å². The number of para-hydroxylation sites is 1. The van der Waals surface area contributed by atoms with Gasteiger partial charge in [-0.2, -0.15) is 0 Å². The van der Waals surface area contributed by atoms with Gasteiger partial charge in [-0.3, -0.25) is 4.79 Å². The lowest BCUT2D eigenvalue weighted by Crippen LogP contribution is -2.39. The number of carbonyl (C=O) groups excluding carboxylic acids is 1. The molecule has 0 radical (unpaired) electrons. The van der Waals surface area contributed by atoms with Gasteiger partial charge in [-0.05, 0) is 97.9 Å². The lowest BCUT2D eigenvalue weighted by molar-refractivity contribution is -0.116. The Morgan fingerprint density at radius 1 is 1.00 bits per heavy atom. The van der Waals surface area contributed by atoms with Crippen molar-refractivity contribution < 1.29 is 4.79 Å². The lowest BCUT2D eigenvalue weighted by atomic mass is 9.84. The predicted molar refractivity (Wildman–Crippen MR) is 172 cm³/mol. The summed E-state index contributed by atoms with van der Waals surface area (Å²) in [5, 5.41) is 4.43. The van der Waals surface area contributed by atoms with Gasteiger partial charge in [0.2, 0.25) is 5.91 Å². The third kappa shape index (κ3) is 6.76. The lowest BCUT2D eigenvalue weighted by Gasteiger charge is -2.33. The molecular weight excluding hydrogens is 634 g/mol. The largest absolute Gasteiger partial charge is 0.335 e. The van der Waals surface area contributed by atoms with E-state index in [4.69, 9.17) is 4.99 Å². The van der Waals surface area contributed by atoms with Crippen LogP contribution >= 0.6 is 43.6 Å². The Hall–Kier alpha value is -2.61. The molecular formula is C32H31Br2N3OS. The zero-order chi connectivity index (χ0) is 27.4. The number of carbonyl (C=O) groups is 1. The SMILES string of the molecule is CC(C)N(C(=O)CSC1=N[C@@H](c2ccc(Br)cc2)C2=C(N1)/C(=C/c1ccc(Br)cc1)CCC2)c1ccccc1. The highest BCUT2D eigenvalue weighted by molar-refractivity contribution is 9.10. The highest BCUT2D eigenvalue weighted by atomic mass is 79.9. The number of allylic oxidation sites excluding steroid dienone is 1. The van der Waals surface area contributed by atoms with E-state index in [-0.39, 0.29) is 18.0 Å². The molecule has 200 valence electrons. The molecule has 0 spiro atoms. The van der Waals surface area contributed by atoms with Crippen LogP contribution in [0.1, 0.15) is 50.3 Å². The number of hydrogen-bond acceptors (Lipinski definition) is 4. The van der Waals surface area contributed by atoms with Crippen LogP contribution in [-0.4, -0.2) is 22.9 Å². The van der Waals surface area contributed by atoms with E-state index in [1.54, 1.807) is 0 Å². The van der Waals surface area contributed by atoms with Crippen molar-refractivity contribution in [2.45, 2.75) is 45.2 Å². The molecule has 0 bridgehead atoms. The van der Waals surface area contributed by atoms with Crippen LogP contribution in [0.15, 0.2) is 110 Å². The molecule has 4 nitrogen and oxygen atoms in total. The van der Waals surface area contributed by atoms with E-state index in [0.29, 0.717) is 5.75 Å². The first-order valence-corrected chi connectivity index (χ1v) is 15.8. The van der Waals surface area contributed by atoms with Crippen LogP contribution in [0.25, 0.3) is 6.08 Å². The van der Waals surface area contributed by atoms with Gasteiger partial charge in [0.05, 0.1) is 5.75 Å². The number of amides is 1. The maximum atomic E-state index is 13.4. The minimum absolute atomic E-state index is 0.0605. The summed E-state index contributed by atoms with van der Waals surface area (Å²) in [6.07, 6.45) is 5.37. The number of rotatable bonds is 6. The van der Waals surface area contributed by atoms with Gasteiger partial charge < -0.3 is 10.2 Å². The van der Waals surface area contributed by atoms with Crippen LogP contribution in [0.4, 0.5) is 5.69 Å². The van der Waals surface area contributed by atoms with Gasteiger partial charge in [0.15, 0.2) is 5.17 Å². The number of nitrogens with zero attached hydrogens (tertiary/aromatic N) is 2. The summed E-state index contributed by atoms with van der Waals surface area (Å²) < 4.78 is 2.12. The molecule has 0 unspecified atom stereocenters. The van der Waals surface area contributed by atoms with E-state index >= 15 is 0 Å². The summed E-state index contributed by atoms with van der Waals surface area (Å²) >= 11 is 8.59. The summed E-state index contributed by atoms with van der Waals surface area (Å²) in [4.78, 5) is 20.4. The summed E-state index contributed by atoms with van der Waals surface area (Å²) in [6, 6.07) is 26.7. The highest BCUT2D eigenvalue weighted by Gasteiger charge is 2.30. The second-order valence-electron chi connectivity index (χ2n) is 9.97. The van der Waals surface area contributed by atoms with Crippen molar-refractivity contribution in [1.82, 2.24) is 5.32 Å². The molecule has 1 aliphatic carbocycles. The van der Waals surface area contributed by atoms with Crippen molar-refractivity contribution in [3.8, 4) is 0 Å². The Kier molecular flexibility index (Phi) is 9.10. The monoisotopic (exact) mass is 663 g/mol. The molecule has 1 heterocycles. The minimum Gasteiger partial charge on any atom is -0.335 e. The van der Waals surface area contributed by atoms with Crippen LogP contribution < -0.4 is 10.2 Å². The number of aliphatic imine (C=N–C) groups is 1. The zero-order valence-electron chi connectivity index (χ0n) is 22.0. The predicted octanol–water partition coefficient (Wildman–Crippen LogP) is 8.91. The zero-order valence-corrected chi connectivity index (χ0v) is 26.0. The number of anilines is 1. The molecule has 0 saturated heterocycles. The van der Waals surface area contributed by atoms with E-state index in [1.807, 2.05) is 49.1 Å². The maximum Gasteiger partial charge on any atom is 0.237 e. The molecule has 1 atom stereocenters. The summed E-state index contributed by atoms with van der Waals surface area (Å²) in [5.41, 5.74) is 7.01. The minimum atomic E-state index is -0.0732. The van der Waals surface area contributed by atoms with Crippen LogP contribution in [0.3, 0.4) is 0 Å². The van der Waals surface area contributed by atoms with E-state index in [2.05, 4.69) is 91.8 Å². The fraction of sp³-hybridized carbons (Fsp3) is 0.250. The quantitative estimate of drug-likeness (QED) is 0.286. The molecule has 3 aromatic carbocycles. The van der Waals surface area contributed by atoms with Crippen molar-refractivity contribution in [3.05, 3.63) is 116 Å². The van der Waals surface area contributed by atoms with Gasteiger partial charge >= 0.3 is 0 Å². The number of amidine groups is 1. The Balaban J connectivity index is 1.44. The first-order valence-electron chi connectivity index (χ1n) is 13.2. The normalized spacial score (nSPS) is 18.0. The van der Waals surface area contributed by atoms with Crippen molar-refractivity contribution in [2.75, 3.05) is 10.7 Å². The van der Waals surface area contributed by atoms with E-state index in [9.17, 15) is 4.79 Å². The van der Waals surface area contributed by atoms with E-state index in [1.165, 1.54) is 28.5 Å². The number of nitrogens with one attached hydrogen (secondary N) is 1. The van der Waals surface area contributed by atoms with Crippen LogP contribution in [-0.2, 0) is 4.79 Å². The fourth-order valence-corrected chi connectivity index (χ4v) is 6.39. The van der Waals surface area contributed by atoms with Gasteiger partial charge in [-0.15, -0.1) is 0 Å². The number of hydrogen-bond donors (Lipinski definition) is 1. The summed E-state index contributed by atoms with van der Waals surface area (Å²) in [7, 11) is 0. The van der Waals surface area contributed by atoms with Crippen LogP contribution in [0, 0.1) is 0 Å². The molecule has 0 aromatic heterocycles. The topological polar surface area (TPSA) is 44.7 Å². The van der Waals surface area contributed by atoms with Crippen LogP contribution in [0.5, 0.6) is 0 Å². The van der Waals surface area contributed by atoms with Crippen molar-refractivity contribution in [1.29, 1.82) is 0 Å². The number of thioether (sulfide) groups is 1. The average Bonchev–Trinajstić information content (AvgIpc) is 2.94. The number of benzene rings is 3. The van der Waals surface area contributed by atoms with Gasteiger partial charge in [-0.25, -0.2) is 4.99 Å². The Morgan fingerprint density at radius 3 is 2.33 bits per heavy atom. The Bertz CT molecular complexity index is 1410. The third-order valence-electron chi connectivity index (χ3n) is 6.89. The van der Waals surface area contributed by atoms with Gasteiger partial charge in [0, 0.05) is 26.4 Å². The molecule has 1 N–H and O–H groups in total. The molecule has 0 saturated carbocycles. The van der Waals surface area contributed by atoms with Crippen molar-refractivity contribution >= 4 is 66.5 Å². The Labute approximate surface area is 251 Å². The first kappa shape index (κ1) is 27.9. The molecule has 3 aromatic rings. The smallest absolute Gasteiger partial charge is 0.237 e. The average molecular weight is 665 g/mol. The molecule has 7 heteroatoms. The Morgan fingerprint density at radius 2 is 1.67 bits per heavy atom. The third-order valence-corrected chi connectivity index (χ3v) is 8.82. The maximum absolute atomic E-state index is 13.4. The highest BCUT2D eigenvalue weighted by Crippen LogP contribution is 2.42. The van der Waals surface area contributed by atoms with Crippen molar-refractivity contribution in [2.24, 2.45) is 4.99 Å². The van der Waals surface area contributed by atoms with Gasteiger partial charge in [0.1, 0.15) is 6.04 Å². The molecule has 2 aliphatic rings. The van der Waals surface area contributed by atoms with Crippen LogP contribution in [0.2, 0.25) is 0 Å². The molecule has 1 amide bonds.